The van der Waals surface area contributed by atoms with Gasteiger partial charge in [-0.15, -0.1) is 13.2 Å². The minimum Gasteiger partial charge on any atom is -0.406 e. The van der Waals surface area contributed by atoms with E-state index >= 15 is 0 Å². The van der Waals surface area contributed by atoms with Crippen molar-refractivity contribution in [1.82, 2.24) is 9.78 Å². The number of aromatic nitrogens is 2. The van der Waals surface area contributed by atoms with E-state index in [1.54, 1.807) is 13.1 Å². The second-order valence-corrected chi connectivity index (χ2v) is 3.66. The van der Waals surface area contributed by atoms with Crippen molar-refractivity contribution in [2.24, 2.45) is 0 Å². The van der Waals surface area contributed by atoms with Gasteiger partial charge in [0.05, 0.1) is 23.3 Å². The lowest BCUT2D eigenvalue weighted by molar-refractivity contribution is -0.274. The number of benzene rings is 1. The molecule has 0 atom stereocenters. The molecule has 0 unspecified atom stereocenters. The predicted molar refractivity (Wildman–Crippen MR) is 59.4 cm³/mol. The molecule has 0 aliphatic carbocycles. The Hall–Kier alpha value is -2.18. The lowest BCUT2D eigenvalue weighted by Gasteiger charge is -2.09. The first-order valence-corrected chi connectivity index (χ1v) is 5.03. The van der Waals surface area contributed by atoms with E-state index in [4.69, 9.17) is 5.73 Å². The van der Waals surface area contributed by atoms with E-state index in [0.717, 1.165) is 0 Å². The number of rotatable bonds is 2. The Kier molecular flexibility index (Phi) is 2.90. The van der Waals surface area contributed by atoms with Crippen molar-refractivity contribution in [1.29, 1.82) is 0 Å². The fourth-order valence-corrected chi connectivity index (χ4v) is 1.41. The van der Waals surface area contributed by atoms with Crippen molar-refractivity contribution in [3.8, 4) is 11.4 Å². The average Bonchev–Trinajstić information content (AvgIpc) is 2.58. The quantitative estimate of drug-likeness (QED) is 0.899. The summed E-state index contributed by atoms with van der Waals surface area (Å²) in [6, 6.07) is 5.37. The van der Waals surface area contributed by atoms with E-state index in [1.165, 1.54) is 28.9 Å². The number of nitrogens with two attached hydrogens (primary N) is 1. The molecule has 1 aromatic heterocycles. The van der Waals surface area contributed by atoms with Gasteiger partial charge in [-0.25, -0.2) is 4.68 Å². The summed E-state index contributed by atoms with van der Waals surface area (Å²) in [6.45, 7) is 1.74. The van der Waals surface area contributed by atoms with Crippen LogP contribution in [0, 0.1) is 6.92 Å². The highest BCUT2D eigenvalue weighted by Crippen LogP contribution is 2.23. The number of halogens is 3. The van der Waals surface area contributed by atoms with Crippen LogP contribution in [0.3, 0.4) is 0 Å². The summed E-state index contributed by atoms with van der Waals surface area (Å²) < 4.78 is 41.1. The lowest BCUT2D eigenvalue weighted by atomic mass is 10.3. The van der Waals surface area contributed by atoms with Crippen LogP contribution in [-0.4, -0.2) is 16.1 Å². The second-order valence-electron chi connectivity index (χ2n) is 3.66. The molecule has 0 aliphatic rings. The van der Waals surface area contributed by atoms with Crippen LogP contribution in [0.25, 0.3) is 5.69 Å². The molecule has 7 heteroatoms. The van der Waals surface area contributed by atoms with Crippen molar-refractivity contribution < 1.29 is 17.9 Å². The normalized spacial score (nSPS) is 11.6. The number of alkyl halides is 3. The van der Waals surface area contributed by atoms with Gasteiger partial charge in [0.1, 0.15) is 5.75 Å². The Morgan fingerprint density at radius 2 is 1.83 bits per heavy atom. The number of hydrogen-bond donors (Lipinski definition) is 1. The molecule has 0 bridgehead atoms. The highest BCUT2D eigenvalue weighted by Gasteiger charge is 2.30. The molecule has 0 amide bonds. The van der Waals surface area contributed by atoms with E-state index < -0.39 is 6.36 Å². The highest BCUT2D eigenvalue weighted by molar-refractivity contribution is 5.44. The number of nitrogen functional groups attached to an aromatic ring is 1. The standard InChI is InChI=1S/C11H10F3N3O/c1-7-10(15)6-17(16-7)8-2-4-9(5-3-8)18-11(12,13)14/h2-6H,15H2,1H3. The Labute approximate surface area is 101 Å². The molecule has 0 fully saturated rings. The van der Waals surface area contributed by atoms with Gasteiger partial charge in [-0.1, -0.05) is 0 Å². The van der Waals surface area contributed by atoms with Crippen LogP contribution < -0.4 is 10.5 Å². The summed E-state index contributed by atoms with van der Waals surface area (Å²) in [5.74, 6) is -0.275. The van der Waals surface area contributed by atoms with Crippen LogP contribution in [0.2, 0.25) is 0 Å². The smallest absolute Gasteiger partial charge is 0.406 e. The molecule has 2 rings (SSSR count). The molecule has 2 N–H and O–H groups in total. The lowest BCUT2D eigenvalue weighted by Crippen LogP contribution is -2.17. The third-order valence-corrected chi connectivity index (χ3v) is 2.27. The number of anilines is 1. The van der Waals surface area contributed by atoms with Gasteiger partial charge in [-0.2, -0.15) is 5.10 Å². The molecule has 0 saturated heterocycles. The first-order valence-electron chi connectivity index (χ1n) is 5.03. The molecular formula is C11H10F3N3O. The van der Waals surface area contributed by atoms with Crippen molar-refractivity contribution in [3.63, 3.8) is 0 Å². The van der Waals surface area contributed by atoms with Gasteiger partial charge in [0, 0.05) is 0 Å². The Balaban J connectivity index is 2.22. The summed E-state index contributed by atoms with van der Waals surface area (Å²) in [4.78, 5) is 0. The van der Waals surface area contributed by atoms with E-state index in [9.17, 15) is 13.2 Å². The number of ether oxygens (including phenoxy) is 1. The van der Waals surface area contributed by atoms with Gasteiger partial charge < -0.3 is 10.5 Å². The maximum absolute atomic E-state index is 12.0. The molecule has 0 aliphatic heterocycles. The summed E-state index contributed by atoms with van der Waals surface area (Å²) in [5.41, 5.74) is 7.41. The van der Waals surface area contributed by atoms with Crippen LogP contribution in [0.15, 0.2) is 30.5 Å². The highest BCUT2D eigenvalue weighted by atomic mass is 19.4. The Morgan fingerprint density at radius 3 is 2.28 bits per heavy atom. The number of nitrogens with zero attached hydrogens (tertiary/aromatic N) is 2. The molecule has 1 heterocycles. The zero-order valence-electron chi connectivity index (χ0n) is 9.40. The van der Waals surface area contributed by atoms with Crippen molar-refractivity contribution in [3.05, 3.63) is 36.2 Å². The van der Waals surface area contributed by atoms with Crippen LogP contribution in [-0.2, 0) is 0 Å². The average molecular weight is 257 g/mol. The van der Waals surface area contributed by atoms with Gasteiger partial charge >= 0.3 is 6.36 Å². The van der Waals surface area contributed by atoms with Crippen LogP contribution in [0.1, 0.15) is 5.69 Å². The zero-order chi connectivity index (χ0) is 13.3. The molecule has 18 heavy (non-hydrogen) atoms. The summed E-state index contributed by atoms with van der Waals surface area (Å²) in [7, 11) is 0. The van der Waals surface area contributed by atoms with Crippen molar-refractivity contribution >= 4 is 5.69 Å². The fourth-order valence-electron chi connectivity index (χ4n) is 1.41. The first kappa shape index (κ1) is 12.3. The molecule has 4 nitrogen and oxygen atoms in total. The molecule has 1 aromatic carbocycles. The van der Waals surface area contributed by atoms with Crippen molar-refractivity contribution in [2.45, 2.75) is 13.3 Å². The number of aryl methyl sites for hydroxylation is 1. The zero-order valence-corrected chi connectivity index (χ0v) is 9.40. The minimum absolute atomic E-state index is 0.275. The molecule has 0 saturated carbocycles. The third-order valence-electron chi connectivity index (χ3n) is 2.27. The Bertz CT molecular complexity index is 526. The first-order chi connectivity index (χ1) is 8.35. The molecule has 96 valence electrons. The molecule has 0 radical (unpaired) electrons. The van der Waals surface area contributed by atoms with Crippen molar-refractivity contribution in [2.75, 3.05) is 5.73 Å². The third kappa shape index (κ3) is 2.73. The molecule has 2 aromatic rings. The van der Waals surface area contributed by atoms with Crippen LogP contribution in [0.4, 0.5) is 18.9 Å². The topological polar surface area (TPSA) is 53.1 Å². The minimum atomic E-state index is -4.69. The molecule has 0 spiro atoms. The largest absolute Gasteiger partial charge is 0.573 e. The van der Waals surface area contributed by atoms with E-state index in [-0.39, 0.29) is 5.75 Å². The van der Waals surface area contributed by atoms with Gasteiger partial charge in [-0.3, -0.25) is 0 Å². The predicted octanol–water partition coefficient (Wildman–Crippen LogP) is 2.66. The van der Waals surface area contributed by atoms with E-state index in [1.807, 2.05) is 0 Å². The van der Waals surface area contributed by atoms with Gasteiger partial charge in [0.25, 0.3) is 0 Å². The monoisotopic (exact) mass is 257 g/mol. The van der Waals surface area contributed by atoms with Gasteiger partial charge in [-0.05, 0) is 31.2 Å². The van der Waals surface area contributed by atoms with Crippen LogP contribution in [0.5, 0.6) is 5.75 Å². The van der Waals surface area contributed by atoms with E-state index in [0.29, 0.717) is 17.1 Å². The second kappa shape index (κ2) is 4.25. The van der Waals surface area contributed by atoms with Gasteiger partial charge in [0.15, 0.2) is 0 Å². The SMILES string of the molecule is Cc1nn(-c2ccc(OC(F)(F)F)cc2)cc1N. The maximum Gasteiger partial charge on any atom is 0.573 e. The number of hydrogen-bond acceptors (Lipinski definition) is 3. The van der Waals surface area contributed by atoms with Crippen LogP contribution >= 0.6 is 0 Å². The maximum atomic E-state index is 12.0. The Morgan fingerprint density at radius 1 is 1.22 bits per heavy atom. The van der Waals surface area contributed by atoms with E-state index in [2.05, 4.69) is 9.84 Å². The van der Waals surface area contributed by atoms with Gasteiger partial charge in [0.2, 0.25) is 0 Å². The summed E-state index contributed by atoms with van der Waals surface area (Å²) >= 11 is 0. The molecular weight excluding hydrogens is 247 g/mol. The summed E-state index contributed by atoms with van der Waals surface area (Å²) in [5, 5.41) is 4.11. The fraction of sp³-hybridized carbons (Fsp3) is 0.182. The summed E-state index contributed by atoms with van der Waals surface area (Å²) in [6.07, 6.45) is -3.09.